The molecule has 9 unspecified atom stereocenters. The van der Waals surface area contributed by atoms with E-state index in [1.807, 2.05) is 0 Å². The number of aliphatic imine (C=N–C) groups is 1. The minimum absolute atomic E-state index is 0.0335. The monoisotopic (exact) mass is 830 g/mol. The Balaban J connectivity index is 1.73. The van der Waals surface area contributed by atoms with Gasteiger partial charge in [-0.25, -0.2) is 0 Å². The number of hydrogen-bond donors (Lipinski definition) is 6. The summed E-state index contributed by atoms with van der Waals surface area (Å²) >= 11 is 0. The van der Waals surface area contributed by atoms with Crippen LogP contribution in [0.25, 0.3) is 10.8 Å². The van der Waals surface area contributed by atoms with Crippen molar-refractivity contribution in [3.05, 3.63) is 77.1 Å². The number of aliphatic hydroxyl groups excluding tert-OH is 2. The Morgan fingerprint density at radius 2 is 1.57 bits per heavy atom. The molecule has 0 spiro atoms. The molecule has 0 aliphatic carbocycles. The minimum atomic E-state index is -2.07. The second-order valence-corrected chi connectivity index (χ2v) is 15.6. The molecule has 0 radical (unpaired) electrons. The van der Waals surface area contributed by atoms with E-state index in [1.165, 1.54) is 66.5 Å². The maximum Gasteiger partial charge on any atom is 0.312 e. The Labute approximate surface area is 348 Å². The van der Waals surface area contributed by atoms with Crippen LogP contribution in [0.5, 0.6) is 28.7 Å². The van der Waals surface area contributed by atoms with Gasteiger partial charge < -0.3 is 54.5 Å². The molecule has 6 rings (SSSR count). The number of rotatable bonds is 5. The second kappa shape index (κ2) is 18.2. The molecule has 3 aliphatic heterocycles. The first-order chi connectivity index (χ1) is 28.3. The van der Waals surface area contributed by atoms with E-state index < -0.39 is 88.8 Å². The van der Waals surface area contributed by atoms with Gasteiger partial charge in [-0.3, -0.25) is 19.4 Å². The number of benzene rings is 3. The molecule has 3 heterocycles. The summed E-state index contributed by atoms with van der Waals surface area (Å²) < 4.78 is 28.8. The van der Waals surface area contributed by atoms with Crippen molar-refractivity contribution in [1.29, 1.82) is 0 Å². The van der Waals surface area contributed by atoms with Crippen molar-refractivity contribution >= 4 is 46.0 Å². The number of hydrogen-bond acceptors (Lipinski definition) is 14. The molecule has 3 aliphatic rings. The number of amides is 1. The number of ether oxygens (including phenoxy) is 5. The average Bonchev–Trinajstić information content (AvgIpc) is 3.49. The lowest BCUT2D eigenvalue weighted by atomic mass is 9.78. The number of aromatic hydroxyl groups is 3. The van der Waals surface area contributed by atoms with Crippen molar-refractivity contribution in [1.82, 2.24) is 0 Å². The van der Waals surface area contributed by atoms with Gasteiger partial charge in [0.05, 0.1) is 59.6 Å². The van der Waals surface area contributed by atoms with Gasteiger partial charge in [-0.15, -0.1) is 0 Å². The lowest BCUT2D eigenvalue weighted by Gasteiger charge is -2.38. The predicted molar refractivity (Wildman–Crippen MR) is 224 cm³/mol. The Kier molecular flexibility index (Phi) is 13.7. The number of nitrogens with one attached hydrogen (secondary N) is 1. The maximum absolute atomic E-state index is 14.4. The Hall–Kier alpha value is -5.90. The minimum Gasteiger partial charge on any atom is -0.507 e. The zero-order chi connectivity index (χ0) is 44.4. The fourth-order valence-corrected chi connectivity index (χ4v) is 7.68. The van der Waals surface area contributed by atoms with E-state index >= 15 is 0 Å². The fraction of sp³-hybridized carbons (Fsp3) is 0.422. The zero-order valence-electron chi connectivity index (χ0n) is 35.3. The molecular weight excluding hydrogens is 776 g/mol. The summed E-state index contributed by atoms with van der Waals surface area (Å²) in [4.78, 5) is 45.0. The van der Waals surface area contributed by atoms with Crippen LogP contribution < -0.4 is 14.8 Å². The summed E-state index contributed by atoms with van der Waals surface area (Å²) in [5, 5.41) is 60.4. The number of nitrogens with zero attached hydrogens (tertiary/aromatic N) is 1. The first kappa shape index (κ1) is 45.2. The van der Waals surface area contributed by atoms with E-state index in [0.717, 1.165) is 0 Å². The molecule has 0 saturated heterocycles. The number of carbonyl (C=O) groups excluding carboxylic acids is 3. The quantitative estimate of drug-likeness (QED) is 0.0699. The predicted octanol–water partition coefficient (Wildman–Crippen LogP) is 6.51. The highest BCUT2D eigenvalue weighted by atomic mass is 16.7. The van der Waals surface area contributed by atoms with E-state index in [0.29, 0.717) is 11.4 Å². The summed E-state index contributed by atoms with van der Waals surface area (Å²) in [6.07, 6.45) is 4.64. The van der Waals surface area contributed by atoms with Gasteiger partial charge in [-0.1, -0.05) is 45.9 Å². The number of carbonyl (C=O) groups is 3. The van der Waals surface area contributed by atoms with Crippen LogP contribution in [-0.2, 0) is 23.8 Å². The molecule has 5 bridgehead atoms. The van der Waals surface area contributed by atoms with Gasteiger partial charge in [0.2, 0.25) is 0 Å². The number of phenolic OH excluding ortho intramolecular Hbond substituents is 3. The molecule has 15 heteroatoms. The van der Waals surface area contributed by atoms with E-state index in [9.17, 15) is 39.9 Å². The SMILES string of the molecule is COc1ccc(N=Cc2c3c(O)c4c(O)c(C)c5c(c4c2O)C(=O)C(C)(O/C=C/C(OC)C(C)C(OC(C)=O)C(C)C(O)C(C)C(O)C(C)/C=C/C=C(\C)C(=O)N3)O5)cc1. The first-order valence-corrected chi connectivity index (χ1v) is 19.5. The van der Waals surface area contributed by atoms with Crippen molar-refractivity contribution in [3.63, 3.8) is 0 Å². The number of esters is 1. The number of ketones is 1. The van der Waals surface area contributed by atoms with Crippen LogP contribution in [0.2, 0.25) is 0 Å². The Morgan fingerprint density at radius 3 is 2.18 bits per heavy atom. The highest BCUT2D eigenvalue weighted by Gasteiger charge is 2.50. The number of aliphatic hydroxyl groups is 2. The third kappa shape index (κ3) is 8.69. The Bertz CT molecular complexity index is 2260. The van der Waals surface area contributed by atoms with Crippen molar-refractivity contribution in [2.45, 2.75) is 85.6 Å². The number of fused-ring (bicyclic) bond motifs is 14. The molecule has 15 nitrogen and oxygen atoms in total. The summed E-state index contributed by atoms with van der Waals surface area (Å²) in [5.41, 5.74) is -0.141. The van der Waals surface area contributed by atoms with E-state index in [2.05, 4.69) is 10.3 Å². The number of allylic oxidation sites excluding steroid dienone is 2. The lowest BCUT2D eigenvalue weighted by Crippen LogP contribution is -2.46. The molecule has 0 saturated carbocycles. The molecule has 9 atom stereocenters. The molecule has 6 N–H and O–H groups in total. The zero-order valence-corrected chi connectivity index (χ0v) is 35.3. The van der Waals surface area contributed by atoms with Crippen molar-refractivity contribution in [3.8, 4) is 28.7 Å². The van der Waals surface area contributed by atoms with Crippen LogP contribution >= 0.6 is 0 Å². The van der Waals surface area contributed by atoms with Gasteiger partial charge in [0.15, 0.2) is 5.75 Å². The highest BCUT2D eigenvalue weighted by Crippen LogP contribution is 2.55. The molecule has 3 aromatic rings. The first-order valence-electron chi connectivity index (χ1n) is 19.5. The standard InChI is InChI=1S/C45H54N2O13/c1-21-12-11-13-22(2)44(55)47-35-30(20-46-28-14-16-29(56-9)17-15-28)39(52)32-33(40(35)53)38(51)26(6)42-34(32)43(54)45(8,60-42)58-19-18-31(57-10)23(3)41(59-27(7)48)25(5)37(50)24(4)36(21)49/h11-21,23-25,31,36-37,41,49-53H,1-10H3,(H,47,55)/b12-11+,19-18+,22-13+,46-20?. The van der Waals surface area contributed by atoms with E-state index in [-0.39, 0.29) is 44.5 Å². The Morgan fingerprint density at radius 1 is 0.900 bits per heavy atom. The topological polar surface area (TPSA) is 223 Å². The second-order valence-electron chi connectivity index (χ2n) is 15.6. The van der Waals surface area contributed by atoms with Gasteiger partial charge in [-0.05, 0) is 44.2 Å². The molecular formula is C45H54N2O13. The van der Waals surface area contributed by atoms with Crippen LogP contribution in [0.4, 0.5) is 11.4 Å². The lowest BCUT2D eigenvalue weighted by molar-refractivity contribution is -0.160. The number of phenols is 3. The third-order valence-corrected chi connectivity index (χ3v) is 11.4. The van der Waals surface area contributed by atoms with Crippen LogP contribution in [0, 0.1) is 30.6 Å². The van der Waals surface area contributed by atoms with E-state index in [4.69, 9.17) is 23.7 Å². The molecule has 0 aromatic heterocycles. The number of methoxy groups -OCH3 is 2. The average molecular weight is 831 g/mol. The van der Waals surface area contributed by atoms with Crippen LogP contribution in [0.1, 0.15) is 70.0 Å². The largest absolute Gasteiger partial charge is 0.507 e. The fourth-order valence-electron chi connectivity index (χ4n) is 7.68. The van der Waals surface area contributed by atoms with Crippen LogP contribution in [0.3, 0.4) is 0 Å². The van der Waals surface area contributed by atoms with Gasteiger partial charge in [0.25, 0.3) is 11.7 Å². The van der Waals surface area contributed by atoms with Crippen molar-refractivity contribution < 1.29 is 63.6 Å². The van der Waals surface area contributed by atoms with Crippen molar-refractivity contribution in [2.24, 2.45) is 28.7 Å². The van der Waals surface area contributed by atoms with Gasteiger partial charge in [0.1, 0.15) is 29.1 Å². The normalized spacial score (nSPS) is 29.7. The summed E-state index contributed by atoms with van der Waals surface area (Å²) in [6.45, 7) is 12.4. The van der Waals surface area contributed by atoms with Crippen LogP contribution in [-0.4, -0.2) is 93.8 Å². The third-order valence-electron chi connectivity index (χ3n) is 11.4. The number of Topliss-reactive ketones (excluding diaryl/α,β-unsaturated/α-hetero) is 1. The molecule has 1 amide bonds. The van der Waals surface area contributed by atoms with Crippen LogP contribution in [0.15, 0.2) is 65.4 Å². The molecule has 322 valence electrons. The summed E-state index contributed by atoms with van der Waals surface area (Å²) in [6, 6.07) is 6.60. The maximum atomic E-state index is 14.4. The molecule has 0 fully saturated rings. The molecule has 60 heavy (non-hydrogen) atoms. The molecule has 3 aromatic carbocycles. The van der Waals surface area contributed by atoms with E-state index in [1.54, 1.807) is 64.1 Å². The summed E-state index contributed by atoms with van der Waals surface area (Å²) in [5.74, 6) is -8.06. The van der Waals surface area contributed by atoms with Gasteiger partial charge in [-0.2, -0.15) is 0 Å². The highest BCUT2D eigenvalue weighted by molar-refractivity contribution is 6.24. The smallest absolute Gasteiger partial charge is 0.312 e. The van der Waals surface area contributed by atoms with Gasteiger partial charge >= 0.3 is 11.8 Å². The summed E-state index contributed by atoms with van der Waals surface area (Å²) in [7, 11) is 2.94. The van der Waals surface area contributed by atoms with Crippen molar-refractivity contribution in [2.75, 3.05) is 19.5 Å². The number of anilines is 1. The van der Waals surface area contributed by atoms with Gasteiger partial charge in [0, 0.05) is 67.4 Å².